The number of carbonyl (C=O) groups is 1. The third kappa shape index (κ3) is 4.56. The molecule has 3 aromatic carbocycles. The van der Waals surface area contributed by atoms with E-state index in [9.17, 15) is 25.0 Å². The number of carbonyl (C=O) groups excluding carboxylic acids is 1. The number of benzene rings is 3. The number of hydrogen-bond acceptors (Lipinski definition) is 6. The molecule has 3 aromatic rings. The van der Waals surface area contributed by atoms with Gasteiger partial charge in [-0.15, -0.1) is 0 Å². The Kier molecular flexibility index (Phi) is 5.97. The van der Waals surface area contributed by atoms with Crippen LogP contribution in [0, 0.1) is 20.2 Å². The Morgan fingerprint density at radius 1 is 0.900 bits per heavy atom. The van der Waals surface area contributed by atoms with Crippen LogP contribution in [0.5, 0.6) is 0 Å². The lowest BCUT2D eigenvalue weighted by atomic mass is 10.1. The maximum Gasteiger partial charge on any atom is 0.293 e. The van der Waals surface area contributed by atoms with Gasteiger partial charge in [-0.05, 0) is 29.8 Å². The Morgan fingerprint density at radius 3 is 2.30 bits per heavy atom. The van der Waals surface area contributed by atoms with Crippen LogP contribution in [0.1, 0.15) is 15.9 Å². The summed E-state index contributed by atoms with van der Waals surface area (Å²) in [7, 11) is 1.74. The van der Waals surface area contributed by atoms with E-state index >= 15 is 0 Å². The number of non-ortho nitro benzene ring substituents is 1. The van der Waals surface area contributed by atoms with E-state index < -0.39 is 15.6 Å². The van der Waals surface area contributed by atoms with Gasteiger partial charge in [-0.1, -0.05) is 42.5 Å². The van der Waals surface area contributed by atoms with Crippen LogP contribution in [-0.2, 0) is 0 Å². The monoisotopic (exact) mass is 403 g/mol. The number of ketones is 1. The average Bonchev–Trinajstić information content (AvgIpc) is 2.77. The Balaban J connectivity index is 1.87. The van der Waals surface area contributed by atoms with Crippen molar-refractivity contribution in [3.63, 3.8) is 0 Å². The second kappa shape index (κ2) is 8.78. The van der Waals surface area contributed by atoms with E-state index in [4.69, 9.17) is 0 Å². The van der Waals surface area contributed by atoms with Gasteiger partial charge in [0.1, 0.15) is 5.69 Å². The third-order valence-corrected chi connectivity index (χ3v) is 4.47. The van der Waals surface area contributed by atoms with Crippen LogP contribution in [0.3, 0.4) is 0 Å². The van der Waals surface area contributed by atoms with Crippen LogP contribution in [0.2, 0.25) is 0 Å². The lowest BCUT2D eigenvalue weighted by Crippen LogP contribution is -2.11. The number of para-hydroxylation sites is 1. The molecule has 30 heavy (non-hydrogen) atoms. The Labute approximate surface area is 172 Å². The molecule has 0 aliphatic heterocycles. The van der Waals surface area contributed by atoms with Crippen molar-refractivity contribution in [3.05, 3.63) is 110 Å². The molecule has 3 rings (SSSR count). The first kappa shape index (κ1) is 20.4. The Bertz CT molecular complexity index is 1140. The molecule has 0 spiro atoms. The van der Waals surface area contributed by atoms with Crippen LogP contribution in [0.15, 0.2) is 78.9 Å². The van der Waals surface area contributed by atoms with Gasteiger partial charge in [0, 0.05) is 36.5 Å². The first-order chi connectivity index (χ1) is 14.4. The molecule has 0 unspecified atom stereocenters. The average molecular weight is 403 g/mol. The zero-order valence-corrected chi connectivity index (χ0v) is 16.0. The molecule has 0 fully saturated rings. The van der Waals surface area contributed by atoms with Crippen molar-refractivity contribution < 1.29 is 14.6 Å². The van der Waals surface area contributed by atoms with E-state index in [0.29, 0.717) is 11.3 Å². The molecule has 0 amide bonds. The molecular formula is C22H17N3O5. The van der Waals surface area contributed by atoms with Gasteiger partial charge in [-0.2, -0.15) is 0 Å². The molecule has 0 bridgehead atoms. The molecule has 0 heterocycles. The van der Waals surface area contributed by atoms with Gasteiger partial charge in [-0.3, -0.25) is 25.0 Å². The van der Waals surface area contributed by atoms with Gasteiger partial charge in [0.15, 0.2) is 5.78 Å². The van der Waals surface area contributed by atoms with Gasteiger partial charge >= 0.3 is 0 Å². The largest absolute Gasteiger partial charge is 0.339 e. The lowest BCUT2D eigenvalue weighted by Gasteiger charge is -2.19. The predicted octanol–water partition coefficient (Wildman–Crippen LogP) is 5.17. The second-order valence-electron chi connectivity index (χ2n) is 6.40. The highest BCUT2D eigenvalue weighted by Gasteiger charge is 2.18. The molecule has 0 atom stereocenters. The first-order valence-corrected chi connectivity index (χ1v) is 8.91. The molecule has 0 aliphatic rings. The molecule has 0 N–H and O–H groups in total. The molecule has 0 radical (unpaired) electrons. The van der Waals surface area contributed by atoms with E-state index in [2.05, 4.69) is 0 Å². The highest BCUT2D eigenvalue weighted by Crippen LogP contribution is 2.33. The number of allylic oxidation sites excluding steroid dienone is 1. The predicted molar refractivity (Wildman–Crippen MR) is 114 cm³/mol. The Hall–Kier alpha value is -4.33. The normalized spacial score (nSPS) is 10.7. The molecule has 150 valence electrons. The van der Waals surface area contributed by atoms with Crippen LogP contribution in [-0.4, -0.2) is 22.7 Å². The standard InChI is InChI=1S/C22H17N3O5/c1-23(18-7-3-2-4-8-18)20-12-10-16(14-21(20)25(29)30)11-13-22(26)17-6-5-9-19(15-17)24(27)28/h2-15H,1H3. The highest BCUT2D eigenvalue weighted by atomic mass is 16.6. The quantitative estimate of drug-likeness (QED) is 0.233. The zero-order chi connectivity index (χ0) is 21.7. The maximum absolute atomic E-state index is 12.3. The number of hydrogen-bond donors (Lipinski definition) is 0. The number of nitro groups is 2. The smallest absolute Gasteiger partial charge is 0.293 e. The fourth-order valence-corrected chi connectivity index (χ4v) is 2.91. The summed E-state index contributed by atoms with van der Waals surface area (Å²) in [6, 6.07) is 19.3. The Morgan fingerprint density at radius 2 is 1.63 bits per heavy atom. The van der Waals surface area contributed by atoms with Crippen molar-refractivity contribution in [1.82, 2.24) is 0 Å². The fourth-order valence-electron chi connectivity index (χ4n) is 2.91. The molecule has 8 heteroatoms. The molecule has 0 aliphatic carbocycles. The number of nitrogens with zero attached hydrogens (tertiary/aromatic N) is 3. The van der Waals surface area contributed by atoms with E-state index in [1.54, 1.807) is 24.1 Å². The van der Waals surface area contributed by atoms with Gasteiger partial charge in [0.2, 0.25) is 0 Å². The minimum atomic E-state index is -0.578. The lowest BCUT2D eigenvalue weighted by molar-refractivity contribution is -0.384. The van der Waals surface area contributed by atoms with E-state index in [1.807, 2.05) is 30.3 Å². The summed E-state index contributed by atoms with van der Waals surface area (Å²) in [4.78, 5) is 35.4. The van der Waals surface area contributed by atoms with Gasteiger partial charge in [-0.25, -0.2) is 0 Å². The molecular weight excluding hydrogens is 386 g/mol. The van der Waals surface area contributed by atoms with Crippen LogP contribution in [0.4, 0.5) is 22.7 Å². The van der Waals surface area contributed by atoms with Crippen molar-refractivity contribution in [2.24, 2.45) is 0 Å². The van der Waals surface area contributed by atoms with Gasteiger partial charge in [0.25, 0.3) is 11.4 Å². The summed E-state index contributed by atoms with van der Waals surface area (Å²) in [5.41, 5.74) is 1.55. The van der Waals surface area contributed by atoms with E-state index in [0.717, 1.165) is 5.69 Å². The topological polar surface area (TPSA) is 107 Å². The molecule has 0 saturated heterocycles. The molecule has 0 saturated carbocycles. The van der Waals surface area contributed by atoms with Crippen molar-refractivity contribution in [1.29, 1.82) is 0 Å². The number of anilines is 2. The highest BCUT2D eigenvalue weighted by molar-refractivity contribution is 6.07. The van der Waals surface area contributed by atoms with Gasteiger partial charge in [0.05, 0.1) is 9.85 Å². The number of nitro benzene ring substituents is 2. The number of rotatable bonds is 7. The summed E-state index contributed by atoms with van der Waals surface area (Å²) >= 11 is 0. The van der Waals surface area contributed by atoms with Crippen LogP contribution in [0.25, 0.3) is 6.08 Å². The minimum absolute atomic E-state index is 0.105. The molecule has 0 aromatic heterocycles. The van der Waals surface area contributed by atoms with Crippen LogP contribution >= 0.6 is 0 Å². The van der Waals surface area contributed by atoms with Crippen molar-refractivity contribution in [2.75, 3.05) is 11.9 Å². The summed E-state index contributed by atoms with van der Waals surface area (Å²) in [5.74, 6) is -0.438. The minimum Gasteiger partial charge on any atom is -0.339 e. The maximum atomic E-state index is 12.3. The van der Waals surface area contributed by atoms with Crippen molar-refractivity contribution in [2.45, 2.75) is 0 Å². The fraction of sp³-hybridized carbons (Fsp3) is 0.0455. The third-order valence-electron chi connectivity index (χ3n) is 4.47. The molecule has 8 nitrogen and oxygen atoms in total. The summed E-state index contributed by atoms with van der Waals surface area (Å²) in [6.45, 7) is 0. The van der Waals surface area contributed by atoms with Crippen molar-refractivity contribution >= 4 is 34.6 Å². The van der Waals surface area contributed by atoms with E-state index in [1.165, 1.54) is 42.5 Å². The first-order valence-electron chi connectivity index (χ1n) is 8.91. The zero-order valence-electron chi connectivity index (χ0n) is 16.0. The van der Waals surface area contributed by atoms with E-state index in [-0.39, 0.29) is 16.9 Å². The summed E-state index contributed by atoms with van der Waals surface area (Å²) in [6.07, 6.45) is 2.68. The SMILES string of the molecule is CN(c1ccccc1)c1ccc(C=CC(=O)c2cccc([N+](=O)[O-])c2)cc1[N+](=O)[O-]. The second-order valence-corrected chi connectivity index (χ2v) is 6.40. The summed E-state index contributed by atoms with van der Waals surface area (Å²) < 4.78 is 0. The van der Waals surface area contributed by atoms with Gasteiger partial charge < -0.3 is 4.90 Å². The summed E-state index contributed by atoms with van der Waals surface area (Å²) in [5, 5.41) is 22.4. The van der Waals surface area contributed by atoms with Crippen LogP contribution < -0.4 is 4.90 Å². The van der Waals surface area contributed by atoms with Crippen molar-refractivity contribution in [3.8, 4) is 0 Å².